The Balaban J connectivity index is 2.57. The molecule has 0 unspecified atom stereocenters. The second-order valence-electron chi connectivity index (χ2n) is 6.03. The molecule has 1 atom stereocenters. The molecule has 134 valence electrons. The summed E-state index contributed by atoms with van der Waals surface area (Å²) in [7, 11) is 0. The van der Waals surface area contributed by atoms with Crippen LogP contribution in [0.1, 0.15) is 30.0 Å². The largest absolute Gasteiger partial charge is 0.507 e. The van der Waals surface area contributed by atoms with Gasteiger partial charge in [-0.05, 0) is 55.7 Å². The van der Waals surface area contributed by atoms with E-state index in [-0.39, 0.29) is 24.3 Å². The van der Waals surface area contributed by atoms with Gasteiger partial charge in [0, 0.05) is 11.1 Å². The van der Waals surface area contributed by atoms with Gasteiger partial charge in [0.2, 0.25) is 0 Å². The molecule has 25 heavy (non-hydrogen) atoms. The van der Waals surface area contributed by atoms with Crippen LogP contribution in [0.2, 0.25) is 0 Å². The van der Waals surface area contributed by atoms with Crippen molar-refractivity contribution in [1.82, 2.24) is 0 Å². The molecular formula is C19H22FNO3S. The average Bonchev–Trinajstić information content (AvgIpc) is 2.49. The lowest BCUT2D eigenvalue weighted by atomic mass is 9.92. The molecule has 0 saturated carbocycles. The summed E-state index contributed by atoms with van der Waals surface area (Å²) in [5.74, 6) is -0.996. The summed E-state index contributed by atoms with van der Waals surface area (Å²) >= 11 is 4.31. The van der Waals surface area contributed by atoms with Crippen LogP contribution in [-0.2, 0) is 14.4 Å². The van der Waals surface area contributed by atoms with Gasteiger partial charge in [0.25, 0.3) is 0 Å². The van der Waals surface area contributed by atoms with Crippen LogP contribution >= 0.6 is 12.6 Å². The number of aromatic hydroxyl groups is 1. The molecule has 0 aliphatic rings. The van der Waals surface area contributed by atoms with Gasteiger partial charge in [-0.3, -0.25) is 4.79 Å². The number of aryl methyl sites for hydroxylation is 2. The van der Waals surface area contributed by atoms with Crippen molar-refractivity contribution in [3.05, 3.63) is 52.8 Å². The number of phenolic OH excluding ortho intramolecular Hbond substituents is 1. The minimum absolute atomic E-state index is 0.0848. The maximum atomic E-state index is 14.7. The molecule has 0 aliphatic carbocycles. The van der Waals surface area contributed by atoms with Gasteiger partial charge in [-0.2, -0.15) is 12.6 Å². The van der Waals surface area contributed by atoms with E-state index in [1.54, 1.807) is 32.0 Å². The number of rotatable bonds is 5. The Morgan fingerprint density at radius 3 is 2.60 bits per heavy atom. The number of esters is 1. The van der Waals surface area contributed by atoms with Gasteiger partial charge >= 0.3 is 5.97 Å². The highest BCUT2D eigenvalue weighted by atomic mass is 32.1. The third-order valence-corrected chi connectivity index (χ3v) is 4.38. The maximum absolute atomic E-state index is 14.7. The van der Waals surface area contributed by atoms with Crippen LogP contribution < -0.4 is 5.73 Å². The lowest BCUT2D eigenvalue weighted by molar-refractivity contribution is -0.143. The molecule has 0 amide bonds. The first-order chi connectivity index (χ1) is 11.7. The molecule has 0 saturated heterocycles. The number of ether oxygens (including phenoxy) is 1. The minimum Gasteiger partial charge on any atom is -0.507 e. The average molecular weight is 363 g/mol. The Morgan fingerprint density at radius 1 is 1.32 bits per heavy atom. The van der Waals surface area contributed by atoms with E-state index in [1.807, 2.05) is 13.0 Å². The number of nitrogens with two attached hydrogens (primary N) is 1. The molecule has 2 aromatic carbocycles. The molecule has 2 rings (SSSR count). The van der Waals surface area contributed by atoms with Crippen molar-refractivity contribution in [2.24, 2.45) is 5.73 Å². The third kappa shape index (κ3) is 4.14. The van der Waals surface area contributed by atoms with Crippen molar-refractivity contribution >= 4 is 18.6 Å². The second-order valence-corrected chi connectivity index (χ2v) is 6.83. The van der Waals surface area contributed by atoms with E-state index in [2.05, 4.69) is 12.6 Å². The predicted octanol–water partition coefficient (Wildman–Crippen LogP) is 3.81. The third-order valence-electron chi connectivity index (χ3n) is 3.98. The Hall–Kier alpha value is -2.05. The summed E-state index contributed by atoms with van der Waals surface area (Å²) in [5, 5.41) is 10.2. The van der Waals surface area contributed by atoms with Crippen LogP contribution in [0.25, 0.3) is 11.1 Å². The van der Waals surface area contributed by atoms with Crippen LogP contribution in [-0.4, -0.2) is 17.7 Å². The molecule has 0 aromatic heterocycles. The van der Waals surface area contributed by atoms with Crippen molar-refractivity contribution in [2.75, 3.05) is 6.61 Å². The molecule has 0 heterocycles. The van der Waals surface area contributed by atoms with Crippen LogP contribution in [0.15, 0.2) is 30.3 Å². The van der Waals surface area contributed by atoms with Gasteiger partial charge < -0.3 is 15.6 Å². The zero-order chi connectivity index (χ0) is 18.8. The summed E-state index contributed by atoms with van der Waals surface area (Å²) in [6, 6.07) is 8.31. The van der Waals surface area contributed by atoms with E-state index in [0.29, 0.717) is 16.7 Å². The Morgan fingerprint density at radius 2 is 2.00 bits per heavy atom. The quantitative estimate of drug-likeness (QED) is 0.429. The normalized spacial score (nSPS) is 13.4. The highest BCUT2D eigenvalue weighted by Gasteiger charge is 2.31. The predicted molar refractivity (Wildman–Crippen MR) is 99.1 cm³/mol. The van der Waals surface area contributed by atoms with Crippen LogP contribution in [0, 0.1) is 19.7 Å². The Labute approximate surface area is 152 Å². The monoisotopic (exact) mass is 363 g/mol. The lowest BCUT2D eigenvalue weighted by Crippen LogP contribution is -2.35. The fourth-order valence-electron chi connectivity index (χ4n) is 2.78. The molecular weight excluding hydrogens is 341 g/mol. The zero-order valence-electron chi connectivity index (χ0n) is 14.5. The summed E-state index contributed by atoms with van der Waals surface area (Å²) < 4.78 is 19.6. The van der Waals surface area contributed by atoms with E-state index >= 15 is 0 Å². The molecule has 2 aromatic rings. The lowest BCUT2D eigenvalue weighted by Gasteiger charge is -2.25. The summed E-state index contributed by atoms with van der Waals surface area (Å²) in [6.07, 6.45) is -0.274. The highest BCUT2D eigenvalue weighted by Crippen LogP contribution is 2.38. The fraction of sp³-hybridized carbons (Fsp3) is 0.316. The van der Waals surface area contributed by atoms with Gasteiger partial charge in [-0.1, -0.05) is 12.1 Å². The smallest absolute Gasteiger partial charge is 0.308 e. The van der Waals surface area contributed by atoms with Gasteiger partial charge in [0.05, 0.1) is 17.9 Å². The van der Waals surface area contributed by atoms with Gasteiger partial charge in [0.15, 0.2) is 0 Å². The number of carbonyl (C=O) groups excluding carboxylic acids is 1. The van der Waals surface area contributed by atoms with Crippen LogP contribution in [0.3, 0.4) is 0 Å². The number of thiol groups is 1. The zero-order valence-corrected chi connectivity index (χ0v) is 15.4. The standard InChI is InChI=1S/C19H22FNO3S/c1-4-24-16(23)10-19(21,25)14-9-13(8-12(3)18(14)20)17-11(2)6-5-7-15(17)22/h5-9,22,25H,4,10,21H2,1-3H3/t19-/m0/s1. The maximum Gasteiger partial charge on any atom is 0.308 e. The topological polar surface area (TPSA) is 72.5 Å². The molecule has 4 nitrogen and oxygen atoms in total. The number of phenols is 1. The molecule has 6 heteroatoms. The first kappa shape index (κ1) is 19.3. The van der Waals surface area contributed by atoms with Crippen molar-refractivity contribution in [3.63, 3.8) is 0 Å². The Bertz CT molecular complexity index is 785. The van der Waals surface area contributed by atoms with Crippen molar-refractivity contribution in [1.29, 1.82) is 0 Å². The Kier molecular flexibility index (Phi) is 5.75. The first-order valence-corrected chi connectivity index (χ1v) is 8.38. The fourth-order valence-corrected chi connectivity index (χ4v) is 3.08. The van der Waals surface area contributed by atoms with E-state index < -0.39 is 16.7 Å². The highest BCUT2D eigenvalue weighted by molar-refractivity contribution is 7.81. The van der Waals surface area contributed by atoms with E-state index in [1.165, 1.54) is 6.07 Å². The number of carbonyl (C=O) groups is 1. The molecule has 0 radical (unpaired) electrons. The number of hydrogen-bond acceptors (Lipinski definition) is 5. The minimum atomic E-state index is -1.53. The van der Waals surface area contributed by atoms with Gasteiger partial charge in [-0.15, -0.1) is 0 Å². The van der Waals surface area contributed by atoms with Crippen LogP contribution in [0.5, 0.6) is 5.75 Å². The van der Waals surface area contributed by atoms with Crippen molar-refractivity contribution < 1.29 is 19.0 Å². The molecule has 0 fully saturated rings. The number of halogens is 1. The summed E-state index contributed by atoms with van der Waals surface area (Å²) in [5.41, 5.74) is 8.59. The molecule has 0 spiro atoms. The van der Waals surface area contributed by atoms with Gasteiger partial charge in [-0.25, -0.2) is 4.39 Å². The van der Waals surface area contributed by atoms with E-state index in [4.69, 9.17) is 10.5 Å². The summed E-state index contributed by atoms with van der Waals surface area (Å²) in [6.45, 7) is 5.34. The van der Waals surface area contributed by atoms with Crippen molar-refractivity contribution in [2.45, 2.75) is 32.1 Å². The number of hydrogen-bond donors (Lipinski definition) is 3. The summed E-state index contributed by atoms with van der Waals surface area (Å²) in [4.78, 5) is 10.2. The van der Waals surface area contributed by atoms with E-state index in [9.17, 15) is 14.3 Å². The van der Waals surface area contributed by atoms with Crippen molar-refractivity contribution in [3.8, 4) is 16.9 Å². The first-order valence-electron chi connectivity index (χ1n) is 7.93. The number of benzene rings is 2. The molecule has 3 N–H and O–H groups in total. The SMILES string of the molecule is CCOC(=O)C[C@](N)(S)c1cc(-c2c(C)cccc2O)cc(C)c1F. The second kappa shape index (κ2) is 7.45. The van der Waals surface area contributed by atoms with Crippen LogP contribution in [0.4, 0.5) is 4.39 Å². The molecule has 0 aliphatic heterocycles. The van der Waals surface area contributed by atoms with E-state index in [0.717, 1.165) is 5.56 Å². The molecule has 0 bridgehead atoms. The van der Waals surface area contributed by atoms with Gasteiger partial charge in [0.1, 0.15) is 11.6 Å².